The van der Waals surface area contributed by atoms with E-state index in [1.807, 2.05) is 0 Å². The molecule has 128 valence electrons. The van der Waals surface area contributed by atoms with Crippen molar-refractivity contribution in [2.75, 3.05) is 24.8 Å². The third kappa shape index (κ3) is 3.87. The molecule has 0 amide bonds. The third-order valence-electron chi connectivity index (χ3n) is 3.03. The van der Waals surface area contributed by atoms with E-state index in [2.05, 4.69) is 9.50 Å². The zero-order valence-corrected chi connectivity index (χ0v) is 13.4. The number of hydrogen-bond acceptors (Lipinski definition) is 9. The minimum absolute atomic E-state index is 0.103. The smallest absolute Gasteiger partial charge is 0.297 e. The summed E-state index contributed by atoms with van der Waals surface area (Å²) in [5, 5.41) is 18.8. The molecule has 1 aromatic rings. The van der Waals surface area contributed by atoms with Crippen molar-refractivity contribution in [3.8, 4) is 5.75 Å². The van der Waals surface area contributed by atoms with Crippen LogP contribution in [0.15, 0.2) is 17.0 Å². The van der Waals surface area contributed by atoms with Crippen LogP contribution in [0.4, 0.5) is 11.4 Å². The first kappa shape index (κ1) is 17.4. The largest absolute Gasteiger partial charge is 0.489 e. The Morgan fingerprint density at radius 1 is 1.43 bits per heavy atom. The van der Waals surface area contributed by atoms with Gasteiger partial charge in [0.25, 0.3) is 15.8 Å². The quantitative estimate of drug-likeness (QED) is 0.392. The fraction of sp³-hybridized carbons (Fsp3) is 0.400. The van der Waals surface area contributed by atoms with E-state index in [4.69, 9.17) is 9.88 Å². The van der Waals surface area contributed by atoms with Gasteiger partial charge in [0.2, 0.25) is 10.0 Å². The molecule has 1 aromatic carbocycles. The van der Waals surface area contributed by atoms with Gasteiger partial charge in [-0.25, -0.2) is 13.6 Å². The molecule has 0 spiro atoms. The number of hydrogen-bond donors (Lipinski definition) is 2. The highest BCUT2D eigenvalue weighted by Crippen LogP contribution is 2.39. The number of nitrogens with zero attached hydrogens (tertiary/aromatic N) is 1. The molecule has 1 aliphatic rings. The van der Waals surface area contributed by atoms with Gasteiger partial charge in [0.1, 0.15) is 6.61 Å². The number of nitro groups is 1. The Hall–Kier alpha value is -1.96. The van der Waals surface area contributed by atoms with Gasteiger partial charge in [-0.05, 0) is 0 Å². The predicted molar refractivity (Wildman–Crippen MR) is 78.2 cm³/mol. The van der Waals surface area contributed by atoms with Crippen LogP contribution in [0, 0.1) is 10.1 Å². The summed E-state index contributed by atoms with van der Waals surface area (Å²) in [6.07, 6.45) is 0. The number of nitrogens with two attached hydrogens (primary N) is 1. The molecule has 13 heteroatoms. The fourth-order valence-electron chi connectivity index (χ4n) is 1.98. The average molecular weight is 367 g/mol. The Morgan fingerprint density at radius 2 is 2.09 bits per heavy atom. The number of benzene rings is 1. The molecular formula is C10H13N3O8S2. The number of anilines is 1. The minimum Gasteiger partial charge on any atom is -0.489 e. The Balaban J connectivity index is 2.45. The van der Waals surface area contributed by atoms with Crippen molar-refractivity contribution in [1.29, 1.82) is 0 Å². The number of primary sulfonamides is 1. The van der Waals surface area contributed by atoms with Crippen LogP contribution in [-0.4, -0.2) is 47.3 Å². The van der Waals surface area contributed by atoms with Gasteiger partial charge in [0.05, 0.1) is 28.7 Å². The summed E-state index contributed by atoms with van der Waals surface area (Å²) >= 11 is 0. The maximum absolute atomic E-state index is 11.4. The number of fused-ring (bicyclic) bond motifs is 1. The lowest BCUT2D eigenvalue weighted by Gasteiger charge is -2.26. The van der Waals surface area contributed by atoms with Crippen LogP contribution in [0.5, 0.6) is 5.75 Å². The molecular weight excluding hydrogens is 354 g/mol. The Bertz CT molecular complexity index is 849. The molecule has 0 saturated carbocycles. The van der Waals surface area contributed by atoms with E-state index in [0.717, 1.165) is 19.2 Å². The van der Waals surface area contributed by atoms with Crippen LogP contribution in [0.3, 0.4) is 0 Å². The van der Waals surface area contributed by atoms with Gasteiger partial charge in [-0.15, -0.1) is 0 Å². The van der Waals surface area contributed by atoms with E-state index >= 15 is 0 Å². The van der Waals surface area contributed by atoms with Gasteiger partial charge in [0, 0.05) is 12.1 Å². The zero-order valence-electron chi connectivity index (χ0n) is 11.8. The van der Waals surface area contributed by atoms with E-state index in [9.17, 15) is 26.9 Å². The summed E-state index contributed by atoms with van der Waals surface area (Å²) in [7, 11) is -6.99. The van der Waals surface area contributed by atoms with Gasteiger partial charge >= 0.3 is 0 Å². The first-order valence-corrected chi connectivity index (χ1v) is 9.19. The minimum atomic E-state index is -4.17. The van der Waals surface area contributed by atoms with E-state index in [1.54, 1.807) is 0 Å². The highest BCUT2D eigenvalue weighted by atomic mass is 32.2. The van der Waals surface area contributed by atoms with Crippen LogP contribution in [0.1, 0.15) is 0 Å². The van der Waals surface area contributed by atoms with Gasteiger partial charge < -0.3 is 10.1 Å². The lowest BCUT2D eigenvalue weighted by Crippen LogP contribution is -2.38. The van der Waals surface area contributed by atoms with Crippen molar-refractivity contribution in [2.24, 2.45) is 5.14 Å². The van der Waals surface area contributed by atoms with Gasteiger partial charge in [0.15, 0.2) is 11.4 Å². The van der Waals surface area contributed by atoms with E-state index in [0.29, 0.717) is 0 Å². The van der Waals surface area contributed by atoms with Crippen LogP contribution < -0.4 is 15.2 Å². The first-order chi connectivity index (χ1) is 10.5. The van der Waals surface area contributed by atoms with Crippen molar-refractivity contribution < 1.29 is 30.7 Å². The van der Waals surface area contributed by atoms with Gasteiger partial charge in [-0.3, -0.25) is 14.3 Å². The maximum Gasteiger partial charge on any atom is 0.297 e. The molecule has 0 aromatic heterocycles. The predicted octanol–water partition coefficient (Wildman–Crippen LogP) is -0.609. The molecule has 0 saturated heterocycles. The second-order valence-electron chi connectivity index (χ2n) is 4.66. The lowest BCUT2D eigenvalue weighted by molar-refractivity contribution is -0.384. The van der Waals surface area contributed by atoms with Gasteiger partial charge in [-0.1, -0.05) is 0 Å². The molecule has 23 heavy (non-hydrogen) atoms. The molecule has 2 rings (SSSR count). The monoisotopic (exact) mass is 367 g/mol. The standard InChI is InChI=1S/C10H13N3O8S2/c1-20-22(16,17)5-6-4-21-9-3-7(23(11,18)19)2-8(13(14)15)10(9)12-6/h2-3,6,12H,4-5H2,1H3,(H2,11,18,19). The average Bonchev–Trinajstić information content (AvgIpc) is 2.44. The number of ether oxygens (including phenoxy) is 1. The summed E-state index contributed by atoms with van der Waals surface area (Å²) in [5.41, 5.74) is -0.712. The summed E-state index contributed by atoms with van der Waals surface area (Å²) in [6.45, 7) is -0.152. The summed E-state index contributed by atoms with van der Waals surface area (Å²) in [5.74, 6) is -0.578. The third-order valence-corrected chi connectivity index (χ3v) is 5.24. The first-order valence-electron chi connectivity index (χ1n) is 6.06. The molecule has 1 atom stereocenters. The molecule has 1 heterocycles. The van der Waals surface area contributed by atoms with Crippen molar-refractivity contribution >= 4 is 31.5 Å². The molecule has 0 aliphatic carbocycles. The van der Waals surface area contributed by atoms with E-state index in [-0.39, 0.29) is 18.0 Å². The number of nitrogens with one attached hydrogen (secondary N) is 1. The van der Waals surface area contributed by atoms with Gasteiger partial charge in [-0.2, -0.15) is 8.42 Å². The van der Waals surface area contributed by atoms with Crippen LogP contribution in [0.25, 0.3) is 0 Å². The Kier molecular flexibility index (Phi) is 4.48. The van der Waals surface area contributed by atoms with E-state index < -0.39 is 47.4 Å². The molecule has 11 nitrogen and oxygen atoms in total. The maximum atomic E-state index is 11.4. The number of sulfonamides is 1. The normalized spacial score (nSPS) is 17.7. The molecule has 3 N–H and O–H groups in total. The molecule has 0 bridgehead atoms. The molecule has 1 aliphatic heterocycles. The highest BCUT2D eigenvalue weighted by Gasteiger charge is 2.31. The summed E-state index contributed by atoms with van der Waals surface area (Å²) in [6, 6.07) is 1.01. The van der Waals surface area contributed by atoms with Crippen molar-refractivity contribution in [3.05, 3.63) is 22.2 Å². The number of rotatable bonds is 5. The number of nitro benzene ring substituents is 1. The van der Waals surface area contributed by atoms with Crippen molar-refractivity contribution in [1.82, 2.24) is 0 Å². The Labute approximate surface area is 131 Å². The fourth-order valence-corrected chi connectivity index (χ4v) is 3.34. The van der Waals surface area contributed by atoms with Crippen molar-refractivity contribution in [2.45, 2.75) is 10.9 Å². The SMILES string of the molecule is COS(=O)(=O)CC1COc2cc(S(N)(=O)=O)cc([N+](=O)[O-])c2N1. The van der Waals surface area contributed by atoms with Crippen LogP contribution in [-0.2, 0) is 24.3 Å². The van der Waals surface area contributed by atoms with Crippen LogP contribution in [0.2, 0.25) is 0 Å². The summed E-state index contributed by atoms with van der Waals surface area (Å²) in [4.78, 5) is 9.83. The second-order valence-corrected chi connectivity index (χ2v) is 8.00. The molecule has 1 unspecified atom stereocenters. The molecule has 0 radical (unpaired) electrons. The van der Waals surface area contributed by atoms with Crippen LogP contribution >= 0.6 is 0 Å². The highest BCUT2D eigenvalue weighted by molar-refractivity contribution is 7.89. The van der Waals surface area contributed by atoms with Crippen molar-refractivity contribution in [3.63, 3.8) is 0 Å². The molecule has 0 fully saturated rings. The lowest BCUT2D eigenvalue weighted by atomic mass is 10.2. The topological polar surface area (TPSA) is 168 Å². The second kappa shape index (κ2) is 5.92. The summed E-state index contributed by atoms with van der Waals surface area (Å²) < 4.78 is 55.2. The Morgan fingerprint density at radius 3 is 2.61 bits per heavy atom. The zero-order chi connectivity index (χ0) is 17.4. The van der Waals surface area contributed by atoms with E-state index in [1.165, 1.54) is 0 Å².